The first-order valence-corrected chi connectivity index (χ1v) is 13.2. The van der Waals surface area contributed by atoms with Crippen LogP contribution in [0, 0.1) is 12.8 Å². The van der Waals surface area contributed by atoms with E-state index in [1.165, 1.54) is 4.90 Å². The number of Topliss-reactive ketones (excluding diaryl/α,β-unsaturated/α-hetero) is 1. The molecular formula is C32H36N2O4. The van der Waals surface area contributed by atoms with Crippen LogP contribution in [0.4, 0.5) is 11.4 Å². The summed E-state index contributed by atoms with van der Waals surface area (Å²) in [6.45, 7) is 12.6. The maximum Gasteiger partial charge on any atom is 0.300 e. The second-order valence-electron chi connectivity index (χ2n) is 10.00. The molecule has 38 heavy (non-hydrogen) atoms. The summed E-state index contributed by atoms with van der Waals surface area (Å²) in [5.41, 5.74) is 3.98. The van der Waals surface area contributed by atoms with Gasteiger partial charge in [0.1, 0.15) is 11.5 Å². The fourth-order valence-corrected chi connectivity index (χ4v) is 4.70. The van der Waals surface area contributed by atoms with Crippen molar-refractivity contribution in [2.45, 2.75) is 40.7 Å². The van der Waals surface area contributed by atoms with Crippen LogP contribution in [0.25, 0.3) is 5.76 Å². The van der Waals surface area contributed by atoms with E-state index in [4.69, 9.17) is 4.74 Å². The standard InChI is InChI=1S/C32H36N2O4/c1-6-33(7-2)25-16-10-23(11-17-25)29-28(30(35)24-12-18-27(19-13-24)38-20-21(3)4)31(36)32(37)34(29)26-14-8-22(5)9-15-26/h8-19,21,29,35H,6-7,20H2,1-5H3/b30-28-. The largest absolute Gasteiger partial charge is 0.507 e. The zero-order chi connectivity index (χ0) is 27.4. The van der Waals surface area contributed by atoms with Crippen LogP contribution in [0.1, 0.15) is 50.4 Å². The van der Waals surface area contributed by atoms with Gasteiger partial charge in [-0.1, -0.05) is 43.7 Å². The molecule has 1 atom stereocenters. The van der Waals surface area contributed by atoms with Gasteiger partial charge >= 0.3 is 0 Å². The molecule has 3 aromatic carbocycles. The zero-order valence-corrected chi connectivity index (χ0v) is 22.8. The minimum Gasteiger partial charge on any atom is -0.507 e. The highest BCUT2D eigenvalue weighted by Crippen LogP contribution is 2.42. The van der Waals surface area contributed by atoms with Crippen LogP contribution in [0.15, 0.2) is 78.4 Å². The second kappa shape index (κ2) is 11.5. The van der Waals surface area contributed by atoms with Crippen molar-refractivity contribution in [2.75, 3.05) is 29.5 Å². The molecule has 6 nitrogen and oxygen atoms in total. The van der Waals surface area contributed by atoms with Gasteiger partial charge in [0.05, 0.1) is 18.2 Å². The molecule has 1 saturated heterocycles. The lowest BCUT2D eigenvalue weighted by Crippen LogP contribution is -2.29. The third kappa shape index (κ3) is 5.44. The molecule has 0 radical (unpaired) electrons. The number of rotatable bonds is 9. The average molecular weight is 513 g/mol. The highest BCUT2D eigenvalue weighted by atomic mass is 16.5. The number of ether oxygens (including phenoxy) is 1. The number of aliphatic hydroxyl groups excluding tert-OH is 1. The summed E-state index contributed by atoms with van der Waals surface area (Å²) >= 11 is 0. The topological polar surface area (TPSA) is 70.1 Å². The van der Waals surface area contributed by atoms with Crippen LogP contribution in [0.5, 0.6) is 5.75 Å². The summed E-state index contributed by atoms with van der Waals surface area (Å²) in [6.07, 6.45) is 0. The van der Waals surface area contributed by atoms with E-state index in [9.17, 15) is 14.7 Å². The molecule has 198 valence electrons. The fraction of sp³-hybridized carbons (Fsp3) is 0.312. The summed E-state index contributed by atoms with van der Waals surface area (Å²) in [7, 11) is 0. The van der Waals surface area contributed by atoms with E-state index >= 15 is 0 Å². The van der Waals surface area contributed by atoms with Crippen molar-refractivity contribution in [1.29, 1.82) is 0 Å². The number of hydrogen-bond donors (Lipinski definition) is 1. The predicted molar refractivity (Wildman–Crippen MR) is 153 cm³/mol. The van der Waals surface area contributed by atoms with E-state index in [2.05, 4.69) is 32.6 Å². The summed E-state index contributed by atoms with van der Waals surface area (Å²) < 4.78 is 5.76. The summed E-state index contributed by atoms with van der Waals surface area (Å²) in [4.78, 5) is 30.5. The molecule has 1 aliphatic heterocycles. The first-order chi connectivity index (χ1) is 18.2. The quantitative estimate of drug-likeness (QED) is 0.201. The van der Waals surface area contributed by atoms with Crippen molar-refractivity contribution >= 4 is 28.8 Å². The van der Waals surface area contributed by atoms with E-state index in [0.717, 1.165) is 29.9 Å². The first kappa shape index (κ1) is 27.0. The number of aryl methyl sites for hydroxylation is 1. The van der Waals surface area contributed by atoms with Crippen LogP contribution in [-0.4, -0.2) is 36.5 Å². The SMILES string of the molecule is CCN(CC)c1ccc(C2/C(=C(/O)c3ccc(OCC(C)C)cc3)C(=O)C(=O)N2c2ccc(C)cc2)cc1. The van der Waals surface area contributed by atoms with E-state index in [1.54, 1.807) is 24.3 Å². The van der Waals surface area contributed by atoms with Crippen molar-refractivity contribution in [3.05, 3.63) is 95.1 Å². The van der Waals surface area contributed by atoms with Gasteiger partial charge in [0.15, 0.2) is 0 Å². The third-order valence-electron chi connectivity index (χ3n) is 6.81. The predicted octanol–water partition coefficient (Wildman–Crippen LogP) is 6.50. The molecule has 1 amide bonds. The summed E-state index contributed by atoms with van der Waals surface area (Å²) in [5.74, 6) is -0.509. The van der Waals surface area contributed by atoms with Gasteiger partial charge < -0.3 is 14.7 Å². The summed E-state index contributed by atoms with van der Waals surface area (Å²) in [5, 5.41) is 11.4. The number of anilines is 2. The number of amides is 1. The molecule has 1 N–H and O–H groups in total. The van der Waals surface area contributed by atoms with Crippen molar-refractivity contribution in [2.24, 2.45) is 5.92 Å². The van der Waals surface area contributed by atoms with Crippen LogP contribution in [0.3, 0.4) is 0 Å². The number of hydrogen-bond acceptors (Lipinski definition) is 5. The molecule has 4 rings (SSSR count). The van der Waals surface area contributed by atoms with Gasteiger partial charge in [-0.3, -0.25) is 14.5 Å². The highest BCUT2D eigenvalue weighted by Gasteiger charge is 2.47. The number of nitrogens with zero attached hydrogens (tertiary/aromatic N) is 2. The lowest BCUT2D eigenvalue weighted by Gasteiger charge is -2.27. The maximum absolute atomic E-state index is 13.4. The smallest absolute Gasteiger partial charge is 0.300 e. The van der Waals surface area contributed by atoms with Gasteiger partial charge in [-0.05, 0) is 80.8 Å². The minimum atomic E-state index is -0.764. The zero-order valence-electron chi connectivity index (χ0n) is 22.8. The van der Waals surface area contributed by atoms with Crippen LogP contribution in [0.2, 0.25) is 0 Å². The molecule has 6 heteroatoms. The van der Waals surface area contributed by atoms with E-state index in [1.807, 2.05) is 55.5 Å². The van der Waals surface area contributed by atoms with Crippen molar-refractivity contribution < 1.29 is 19.4 Å². The number of carbonyl (C=O) groups excluding carboxylic acids is 2. The Morgan fingerprint density at radius 1 is 0.921 bits per heavy atom. The molecule has 0 aliphatic carbocycles. The Kier molecular flexibility index (Phi) is 8.20. The molecule has 0 bridgehead atoms. The minimum absolute atomic E-state index is 0.0713. The number of ketones is 1. The molecule has 0 spiro atoms. The molecule has 1 unspecified atom stereocenters. The van der Waals surface area contributed by atoms with Crippen LogP contribution >= 0.6 is 0 Å². The van der Waals surface area contributed by atoms with Gasteiger partial charge in [-0.2, -0.15) is 0 Å². The molecular weight excluding hydrogens is 476 g/mol. The molecule has 1 heterocycles. The van der Waals surface area contributed by atoms with Crippen molar-refractivity contribution in [1.82, 2.24) is 0 Å². The Labute approximate surface area is 225 Å². The molecule has 1 aliphatic rings. The van der Waals surface area contributed by atoms with Crippen molar-refractivity contribution in [3.8, 4) is 5.75 Å². The number of benzene rings is 3. The summed E-state index contributed by atoms with van der Waals surface area (Å²) in [6, 6.07) is 21.5. The maximum atomic E-state index is 13.4. The van der Waals surface area contributed by atoms with E-state index < -0.39 is 17.7 Å². The van der Waals surface area contributed by atoms with Gasteiger partial charge in [0.25, 0.3) is 11.7 Å². The molecule has 0 aromatic heterocycles. The molecule has 0 saturated carbocycles. The molecule has 1 fully saturated rings. The second-order valence-corrected chi connectivity index (χ2v) is 10.00. The van der Waals surface area contributed by atoms with Crippen LogP contribution < -0.4 is 14.5 Å². The Morgan fingerprint density at radius 3 is 2.08 bits per heavy atom. The molecule has 3 aromatic rings. The Bertz CT molecular complexity index is 1310. The highest BCUT2D eigenvalue weighted by molar-refractivity contribution is 6.51. The normalized spacial score (nSPS) is 16.8. The third-order valence-corrected chi connectivity index (χ3v) is 6.81. The van der Waals surface area contributed by atoms with Gasteiger partial charge in [-0.15, -0.1) is 0 Å². The first-order valence-electron chi connectivity index (χ1n) is 13.2. The number of aliphatic hydroxyl groups is 1. The lowest BCUT2D eigenvalue weighted by atomic mass is 9.94. The Balaban J connectivity index is 1.80. The number of carbonyl (C=O) groups is 2. The van der Waals surface area contributed by atoms with Gasteiger partial charge in [-0.25, -0.2) is 0 Å². The van der Waals surface area contributed by atoms with Crippen molar-refractivity contribution in [3.63, 3.8) is 0 Å². The monoisotopic (exact) mass is 512 g/mol. The van der Waals surface area contributed by atoms with Gasteiger partial charge in [0, 0.05) is 30.0 Å². The Morgan fingerprint density at radius 2 is 1.53 bits per heavy atom. The lowest BCUT2D eigenvalue weighted by molar-refractivity contribution is -0.132. The fourth-order valence-electron chi connectivity index (χ4n) is 4.70. The van der Waals surface area contributed by atoms with Gasteiger partial charge in [0.2, 0.25) is 0 Å². The van der Waals surface area contributed by atoms with E-state index in [-0.39, 0.29) is 11.3 Å². The van der Waals surface area contributed by atoms with Crippen LogP contribution in [-0.2, 0) is 9.59 Å². The van der Waals surface area contributed by atoms with E-state index in [0.29, 0.717) is 29.5 Å². The Hall–Kier alpha value is -4.06. The average Bonchev–Trinajstić information content (AvgIpc) is 3.19.